The highest BCUT2D eigenvalue weighted by Gasteiger charge is 2.35. The van der Waals surface area contributed by atoms with E-state index in [1.54, 1.807) is 14.1 Å². The molecule has 0 saturated carbocycles. The van der Waals surface area contributed by atoms with Crippen molar-refractivity contribution in [2.24, 2.45) is 0 Å². The Kier molecular flexibility index (Phi) is 8.97. The molecule has 1 N–H and O–H groups in total. The summed E-state index contributed by atoms with van der Waals surface area (Å²) >= 11 is 0. The predicted molar refractivity (Wildman–Crippen MR) is 114 cm³/mol. The molecule has 4 heteroatoms. The number of carbonyl (C=O) groups is 1. The van der Waals surface area contributed by atoms with Gasteiger partial charge in [-0.15, -0.1) is 0 Å². The Hall–Kier alpha value is -1.39. The van der Waals surface area contributed by atoms with Crippen molar-refractivity contribution in [1.29, 1.82) is 0 Å². The third kappa shape index (κ3) is 8.44. The van der Waals surface area contributed by atoms with Gasteiger partial charge in [0.2, 0.25) is 5.91 Å². The van der Waals surface area contributed by atoms with Gasteiger partial charge >= 0.3 is 0 Å². The van der Waals surface area contributed by atoms with Crippen molar-refractivity contribution in [1.82, 2.24) is 5.32 Å². The Morgan fingerprint density at radius 3 is 2.00 bits per heavy atom. The lowest BCUT2D eigenvalue weighted by atomic mass is 9.70. The zero-order valence-electron chi connectivity index (χ0n) is 18.3. The van der Waals surface area contributed by atoms with Crippen LogP contribution in [-0.4, -0.2) is 36.7 Å². The lowest BCUT2D eigenvalue weighted by Gasteiger charge is -2.41. The van der Waals surface area contributed by atoms with Crippen LogP contribution in [0.3, 0.4) is 0 Å². The van der Waals surface area contributed by atoms with E-state index in [1.807, 2.05) is 19.9 Å². The van der Waals surface area contributed by atoms with E-state index >= 15 is 0 Å². The molecule has 0 aliphatic heterocycles. The fourth-order valence-corrected chi connectivity index (χ4v) is 4.23. The van der Waals surface area contributed by atoms with Gasteiger partial charge in [0.25, 0.3) is 0 Å². The molecule has 4 nitrogen and oxygen atoms in total. The van der Waals surface area contributed by atoms with Gasteiger partial charge in [-0.25, -0.2) is 0 Å². The molecule has 0 radical (unpaired) electrons. The molecule has 0 aliphatic carbocycles. The van der Waals surface area contributed by atoms with Gasteiger partial charge in [-0.1, -0.05) is 69.9 Å². The number of hydrogen-bond donors (Lipinski definition) is 1. The first kappa shape index (κ1) is 23.6. The summed E-state index contributed by atoms with van der Waals surface area (Å²) in [5, 5.41) is 15.2. The van der Waals surface area contributed by atoms with Gasteiger partial charge in [-0.2, -0.15) is 0 Å². The second-order valence-electron chi connectivity index (χ2n) is 9.19. The fraction of sp³-hybridized carbons (Fsp3) is 0.696. The summed E-state index contributed by atoms with van der Waals surface area (Å²) in [6.45, 7) is 8.62. The van der Waals surface area contributed by atoms with E-state index < -0.39 is 10.2 Å². The van der Waals surface area contributed by atoms with E-state index in [1.165, 1.54) is 5.56 Å². The molecule has 0 atom stereocenters. The summed E-state index contributed by atoms with van der Waals surface area (Å²) in [5.41, 5.74) is 0.607. The summed E-state index contributed by atoms with van der Waals surface area (Å²) in [6, 6.07) is 10.5. The van der Waals surface area contributed by atoms with Crippen molar-refractivity contribution in [2.75, 3.05) is 20.6 Å². The second-order valence-corrected chi connectivity index (χ2v) is 9.19. The Morgan fingerprint density at radius 1 is 1.04 bits per heavy atom. The molecule has 0 spiro atoms. The SMILES string of the molecule is CCCCC(CCCC)(CC(=O)NC(C)(C)C[N+](C)(C)[O-])c1ccccc1. The monoisotopic (exact) mass is 376 g/mol. The molecule has 0 aliphatic rings. The second kappa shape index (κ2) is 10.2. The zero-order valence-corrected chi connectivity index (χ0v) is 18.3. The number of nitrogens with one attached hydrogen (secondary N) is 1. The third-order valence-corrected chi connectivity index (χ3v) is 5.16. The molecule has 1 aromatic rings. The highest BCUT2D eigenvalue weighted by atomic mass is 16.5. The quantitative estimate of drug-likeness (QED) is 0.404. The number of hydroxylamine groups is 3. The summed E-state index contributed by atoms with van der Waals surface area (Å²) in [7, 11) is 3.23. The minimum atomic E-state index is -0.528. The average molecular weight is 377 g/mol. The van der Waals surface area contributed by atoms with Gasteiger partial charge in [-0.05, 0) is 32.3 Å². The van der Waals surface area contributed by atoms with Crippen molar-refractivity contribution in [3.05, 3.63) is 41.1 Å². The standard InChI is InChI=1S/C23H40N2O2/c1-7-9-16-23(17-10-8-2,20-14-12-11-13-15-20)18-21(26)24-22(3,4)19-25(5,6)27/h11-15H,7-10,16-19H2,1-6H3,(H,24,26). The molecule has 1 rings (SSSR count). The molecule has 154 valence electrons. The third-order valence-electron chi connectivity index (χ3n) is 5.16. The number of rotatable bonds is 12. The van der Waals surface area contributed by atoms with Crippen LogP contribution in [0.4, 0.5) is 0 Å². The van der Waals surface area contributed by atoms with Crippen molar-refractivity contribution in [3.63, 3.8) is 0 Å². The van der Waals surface area contributed by atoms with E-state index in [4.69, 9.17) is 0 Å². The lowest BCUT2D eigenvalue weighted by Crippen LogP contribution is -2.55. The van der Waals surface area contributed by atoms with E-state index in [9.17, 15) is 10.0 Å². The first-order valence-corrected chi connectivity index (χ1v) is 10.4. The van der Waals surface area contributed by atoms with Gasteiger partial charge in [0.1, 0.15) is 6.54 Å². The number of carbonyl (C=O) groups excluding carboxylic acids is 1. The van der Waals surface area contributed by atoms with E-state index in [-0.39, 0.29) is 11.3 Å². The highest BCUT2D eigenvalue weighted by Crippen LogP contribution is 2.38. The first-order valence-electron chi connectivity index (χ1n) is 10.4. The molecule has 0 bridgehead atoms. The maximum Gasteiger partial charge on any atom is 0.221 e. The van der Waals surface area contributed by atoms with Crippen LogP contribution >= 0.6 is 0 Å². The van der Waals surface area contributed by atoms with Crippen LogP contribution in [0.2, 0.25) is 0 Å². The van der Waals surface area contributed by atoms with Crippen molar-refractivity contribution in [3.8, 4) is 0 Å². The fourth-order valence-electron chi connectivity index (χ4n) is 4.23. The summed E-state index contributed by atoms with van der Waals surface area (Å²) < 4.78 is -0.414. The maximum atomic E-state index is 13.0. The molecule has 1 amide bonds. The molecule has 0 fully saturated rings. The van der Waals surface area contributed by atoms with Crippen LogP contribution in [-0.2, 0) is 10.2 Å². The topological polar surface area (TPSA) is 52.2 Å². The van der Waals surface area contributed by atoms with Crippen molar-refractivity contribution < 1.29 is 9.44 Å². The highest BCUT2D eigenvalue weighted by molar-refractivity contribution is 5.78. The smallest absolute Gasteiger partial charge is 0.221 e. The minimum absolute atomic E-state index is 0.0458. The zero-order chi connectivity index (χ0) is 20.6. The average Bonchev–Trinajstić information content (AvgIpc) is 2.55. The number of quaternary nitrogens is 1. The molecule has 1 aromatic carbocycles. The Morgan fingerprint density at radius 2 is 1.56 bits per heavy atom. The lowest BCUT2D eigenvalue weighted by molar-refractivity contribution is -0.843. The van der Waals surface area contributed by atoms with Crippen molar-refractivity contribution in [2.45, 2.75) is 83.6 Å². The molecule has 0 aromatic heterocycles. The van der Waals surface area contributed by atoms with Crippen LogP contribution in [0.25, 0.3) is 0 Å². The number of amides is 1. The Labute approximate surface area is 166 Å². The van der Waals surface area contributed by atoms with Gasteiger partial charge < -0.3 is 15.2 Å². The molecule has 27 heavy (non-hydrogen) atoms. The van der Waals surface area contributed by atoms with Crippen LogP contribution in [0.1, 0.15) is 78.2 Å². The van der Waals surface area contributed by atoms with Crippen molar-refractivity contribution >= 4 is 5.91 Å². The molecule has 0 heterocycles. The number of unbranched alkanes of at least 4 members (excludes halogenated alkanes) is 2. The Bertz CT molecular complexity index is 553. The number of hydrogen-bond acceptors (Lipinski definition) is 2. The van der Waals surface area contributed by atoms with E-state index in [0.29, 0.717) is 13.0 Å². The van der Waals surface area contributed by atoms with E-state index in [0.717, 1.165) is 38.5 Å². The van der Waals surface area contributed by atoms with Gasteiger partial charge in [-0.3, -0.25) is 4.79 Å². The first-order chi connectivity index (χ1) is 12.5. The van der Waals surface area contributed by atoms with Crippen LogP contribution in [0.5, 0.6) is 0 Å². The number of benzene rings is 1. The molecule has 0 saturated heterocycles. The minimum Gasteiger partial charge on any atom is -0.633 e. The maximum absolute atomic E-state index is 13.0. The van der Waals surface area contributed by atoms with Gasteiger partial charge in [0.15, 0.2) is 0 Å². The summed E-state index contributed by atoms with van der Waals surface area (Å²) in [4.78, 5) is 13.0. The van der Waals surface area contributed by atoms with Crippen LogP contribution in [0.15, 0.2) is 30.3 Å². The van der Waals surface area contributed by atoms with Gasteiger partial charge in [0, 0.05) is 11.8 Å². The van der Waals surface area contributed by atoms with Gasteiger partial charge in [0.05, 0.1) is 19.6 Å². The molecule has 0 unspecified atom stereocenters. The van der Waals surface area contributed by atoms with E-state index in [2.05, 4.69) is 43.4 Å². The van der Waals surface area contributed by atoms with Crippen LogP contribution < -0.4 is 5.32 Å². The largest absolute Gasteiger partial charge is 0.633 e. The molecular formula is C23H40N2O2. The summed E-state index contributed by atoms with van der Waals surface area (Å²) in [5.74, 6) is 0.0458. The number of likely N-dealkylation sites (N-methyl/N-ethyl adjacent to an activating group) is 1. The Balaban J connectivity index is 3.06. The number of nitrogens with zero attached hydrogens (tertiary/aromatic N) is 1. The summed E-state index contributed by atoms with van der Waals surface area (Å²) in [6.07, 6.45) is 6.98. The molecular weight excluding hydrogens is 336 g/mol. The predicted octanol–water partition coefficient (Wildman–Crippen LogP) is 5.16. The normalized spacial score (nSPS) is 12.9. The van der Waals surface area contributed by atoms with Crippen LogP contribution in [0, 0.1) is 5.21 Å².